The highest BCUT2D eigenvalue weighted by molar-refractivity contribution is 5.74. The van der Waals surface area contributed by atoms with Crippen LogP contribution in [-0.4, -0.2) is 31.4 Å². The maximum Gasteiger partial charge on any atom is 0.315 e. The zero-order valence-electron chi connectivity index (χ0n) is 13.6. The Bertz CT molecular complexity index is 641. The molecule has 0 saturated carbocycles. The Morgan fingerprint density at radius 1 is 1.38 bits per heavy atom. The molecule has 1 heterocycles. The predicted octanol–water partition coefficient (Wildman–Crippen LogP) is 2.31. The summed E-state index contributed by atoms with van der Waals surface area (Å²) >= 11 is 0. The Hall–Kier alpha value is -2.38. The van der Waals surface area contributed by atoms with Gasteiger partial charge in [0, 0.05) is 7.11 Å². The van der Waals surface area contributed by atoms with E-state index in [0.717, 1.165) is 0 Å². The predicted molar refractivity (Wildman–Crippen MR) is 85.8 cm³/mol. The second-order valence-electron chi connectivity index (χ2n) is 5.63. The van der Waals surface area contributed by atoms with E-state index < -0.39 is 17.7 Å². The second kappa shape index (κ2) is 7.94. The standard InChI is InChI=1S/C17H21FN2O4/c1-17(22,12-5-7-13(18)8-6-12)11-19-16(21)20-14(10-23-2)15-4-3-9-24-15/h3-9,14,22H,10-11H2,1-2H3,(H2,19,20,21). The molecule has 2 unspecified atom stereocenters. The molecule has 0 bridgehead atoms. The number of benzene rings is 1. The molecule has 0 fully saturated rings. The Kier molecular flexibility index (Phi) is 5.94. The number of rotatable bonds is 7. The molecule has 0 aliphatic rings. The highest BCUT2D eigenvalue weighted by atomic mass is 19.1. The summed E-state index contributed by atoms with van der Waals surface area (Å²) in [4.78, 5) is 12.1. The fraction of sp³-hybridized carbons (Fsp3) is 0.353. The van der Waals surface area contributed by atoms with E-state index in [2.05, 4.69) is 10.6 Å². The van der Waals surface area contributed by atoms with Crippen molar-refractivity contribution in [1.82, 2.24) is 10.6 Å². The van der Waals surface area contributed by atoms with Crippen molar-refractivity contribution in [2.45, 2.75) is 18.6 Å². The van der Waals surface area contributed by atoms with Gasteiger partial charge in [-0.25, -0.2) is 9.18 Å². The summed E-state index contributed by atoms with van der Waals surface area (Å²) in [5, 5.41) is 15.7. The zero-order valence-corrected chi connectivity index (χ0v) is 13.6. The van der Waals surface area contributed by atoms with Crippen molar-refractivity contribution >= 4 is 6.03 Å². The molecular weight excluding hydrogens is 315 g/mol. The number of hydrogen-bond acceptors (Lipinski definition) is 4. The lowest BCUT2D eigenvalue weighted by atomic mass is 9.96. The molecule has 2 rings (SSSR count). The Morgan fingerprint density at radius 3 is 2.67 bits per heavy atom. The average molecular weight is 336 g/mol. The summed E-state index contributed by atoms with van der Waals surface area (Å²) in [6, 6.07) is 8.01. The summed E-state index contributed by atoms with van der Waals surface area (Å²) in [5.41, 5.74) is -0.824. The number of amides is 2. The smallest absolute Gasteiger partial charge is 0.315 e. The zero-order chi connectivity index (χ0) is 17.6. The first-order valence-electron chi connectivity index (χ1n) is 7.47. The van der Waals surface area contributed by atoms with Crippen LogP contribution in [0.3, 0.4) is 0 Å². The molecule has 2 aromatic rings. The first kappa shape index (κ1) is 18.0. The monoisotopic (exact) mass is 336 g/mol. The number of nitrogens with one attached hydrogen (secondary N) is 2. The lowest BCUT2D eigenvalue weighted by Crippen LogP contribution is -2.45. The summed E-state index contributed by atoms with van der Waals surface area (Å²) < 4.78 is 23.3. The van der Waals surface area contributed by atoms with Crippen molar-refractivity contribution in [2.75, 3.05) is 20.3 Å². The van der Waals surface area contributed by atoms with Crippen molar-refractivity contribution in [3.8, 4) is 0 Å². The quantitative estimate of drug-likeness (QED) is 0.724. The number of halogens is 1. The number of urea groups is 1. The molecule has 0 radical (unpaired) electrons. The van der Waals surface area contributed by atoms with Gasteiger partial charge >= 0.3 is 6.03 Å². The molecule has 2 amide bonds. The number of hydrogen-bond donors (Lipinski definition) is 3. The lowest BCUT2D eigenvalue weighted by molar-refractivity contribution is 0.0589. The number of carbonyl (C=O) groups excluding carboxylic acids is 1. The van der Waals surface area contributed by atoms with Crippen LogP contribution in [0.5, 0.6) is 0 Å². The topological polar surface area (TPSA) is 83.7 Å². The van der Waals surface area contributed by atoms with Crippen molar-refractivity contribution in [2.24, 2.45) is 0 Å². The summed E-state index contributed by atoms with van der Waals surface area (Å²) in [6.07, 6.45) is 1.51. The molecule has 6 nitrogen and oxygen atoms in total. The Morgan fingerprint density at radius 2 is 2.08 bits per heavy atom. The Balaban J connectivity index is 1.92. The fourth-order valence-corrected chi connectivity index (χ4v) is 2.22. The molecule has 7 heteroatoms. The van der Waals surface area contributed by atoms with E-state index in [0.29, 0.717) is 11.3 Å². The van der Waals surface area contributed by atoms with Gasteiger partial charge < -0.3 is 24.9 Å². The summed E-state index contributed by atoms with van der Waals surface area (Å²) in [7, 11) is 1.52. The SMILES string of the molecule is COCC(NC(=O)NCC(C)(O)c1ccc(F)cc1)c1ccco1. The van der Waals surface area contributed by atoms with Gasteiger partial charge in [0.25, 0.3) is 0 Å². The highest BCUT2D eigenvalue weighted by Gasteiger charge is 2.25. The van der Waals surface area contributed by atoms with E-state index in [-0.39, 0.29) is 19.0 Å². The fourth-order valence-electron chi connectivity index (χ4n) is 2.22. The van der Waals surface area contributed by atoms with E-state index in [1.54, 1.807) is 19.1 Å². The number of aliphatic hydroxyl groups is 1. The van der Waals surface area contributed by atoms with Crippen molar-refractivity contribution in [3.63, 3.8) is 0 Å². The van der Waals surface area contributed by atoms with Gasteiger partial charge in [0.05, 0.1) is 19.4 Å². The van der Waals surface area contributed by atoms with Gasteiger partial charge in [-0.05, 0) is 36.8 Å². The molecule has 0 spiro atoms. The van der Waals surface area contributed by atoms with Crippen LogP contribution in [0.25, 0.3) is 0 Å². The van der Waals surface area contributed by atoms with E-state index in [1.807, 2.05) is 0 Å². The van der Waals surface area contributed by atoms with Crippen LogP contribution < -0.4 is 10.6 Å². The molecule has 2 atom stereocenters. The van der Waals surface area contributed by atoms with Crippen molar-refractivity contribution < 1.29 is 23.4 Å². The maximum absolute atomic E-state index is 13.0. The highest BCUT2D eigenvalue weighted by Crippen LogP contribution is 2.20. The van der Waals surface area contributed by atoms with Crippen LogP contribution in [0.2, 0.25) is 0 Å². The minimum atomic E-state index is -1.33. The van der Waals surface area contributed by atoms with E-state index in [9.17, 15) is 14.3 Å². The van der Waals surface area contributed by atoms with Gasteiger partial charge in [-0.1, -0.05) is 12.1 Å². The van der Waals surface area contributed by atoms with Gasteiger partial charge in [0.15, 0.2) is 0 Å². The van der Waals surface area contributed by atoms with Gasteiger partial charge in [-0.3, -0.25) is 0 Å². The summed E-state index contributed by atoms with van der Waals surface area (Å²) in [5.74, 6) is 0.179. The third-order valence-electron chi connectivity index (χ3n) is 3.58. The second-order valence-corrected chi connectivity index (χ2v) is 5.63. The number of carbonyl (C=O) groups is 1. The van der Waals surface area contributed by atoms with Crippen LogP contribution in [-0.2, 0) is 10.3 Å². The van der Waals surface area contributed by atoms with Gasteiger partial charge in [-0.15, -0.1) is 0 Å². The Labute approximate surface area is 139 Å². The van der Waals surface area contributed by atoms with Gasteiger partial charge in [0.2, 0.25) is 0 Å². The van der Waals surface area contributed by atoms with E-state index >= 15 is 0 Å². The van der Waals surface area contributed by atoms with Crippen LogP contribution in [0.15, 0.2) is 47.1 Å². The third-order valence-corrected chi connectivity index (χ3v) is 3.58. The van der Waals surface area contributed by atoms with Crippen LogP contribution >= 0.6 is 0 Å². The molecular formula is C17H21FN2O4. The molecule has 0 aliphatic heterocycles. The normalized spacial score (nSPS) is 14.7. The molecule has 24 heavy (non-hydrogen) atoms. The van der Waals surface area contributed by atoms with Crippen LogP contribution in [0, 0.1) is 5.82 Å². The van der Waals surface area contributed by atoms with Gasteiger partial charge in [0.1, 0.15) is 23.2 Å². The van der Waals surface area contributed by atoms with Gasteiger partial charge in [-0.2, -0.15) is 0 Å². The molecule has 0 saturated heterocycles. The summed E-state index contributed by atoms with van der Waals surface area (Å²) in [6.45, 7) is 1.75. The third kappa shape index (κ3) is 4.81. The van der Waals surface area contributed by atoms with Crippen LogP contribution in [0.4, 0.5) is 9.18 Å². The molecule has 3 N–H and O–H groups in total. The number of methoxy groups -OCH3 is 1. The van der Waals surface area contributed by atoms with E-state index in [4.69, 9.17) is 9.15 Å². The minimum absolute atomic E-state index is 0.0394. The molecule has 0 aliphatic carbocycles. The molecule has 1 aromatic heterocycles. The van der Waals surface area contributed by atoms with Crippen LogP contribution in [0.1, 0.15) is 24.3 Å². The van der Waals surface area contributed by atoms with E-state index in [1.165, 1.54) is 37.6 Å². The number of ether oxygens (including phenoxy) is 1. The lowest BCUT2D eigenvalue weighted by Gasteiger charge is -2.25. The molecule has 130 valence electrons. The van der Waals surface area contributed by atoms with Crippen molar-refractivity contribution in [1.29, 1.82) is 0 Å². The average Bonchev–Trinajstić information content (AvgIpc) is 3.07. The first-order chi connectivity index (χ1) is 11.4. The maximum atomic E-state index is 13.0. The number of furan rings is 1. The first-order valence-corrected chi connectivity index (χ1v) is 7.47. The minimum Gasteiger partial charge on any atom is -0.467 e. The van der Waals surface area contributed by atoms with Crippen molar-refractivity contribution in [3.05, 3.63) is 59.8 Å². The molecule has 1 aromatic carbocycles. The largest absolute Gasteiger partial charge is 0.467 e.